The lowest BCUT2D eigenvalue weighted by molar-refractivity contribution is 0.0785. The highest BCUT2D eigenvalue weighted by molar-refractivity contribution is 9.10. The Hall–Kier alpha value is -1.39. The molecule has 0 bridgehead atoms. The summed E-state index contributed by atoms with van der Waals surface area (Å²) in [5.74, 6) is -0.145. The van der Waals surface area contributed by atoms with Gasteiger partial charge in [-0.15, -0.1) is 0 Å². The number of carbonyl (C=O) groups is 1. The molecule has 2 aromatic rings. The number of hydrogen-bond donors (Lipinski definition) is 0. The van der Waals surface area contributed by atoms with Crippen molar-refractivity contribution in [2.24, 2.45) is 0 Å². The molecule has 3 nitrogen and oxygen atoms in total. The minimum atomic E-state index is -0.145. The van der Waals surface area contributed by atoms with Crippen LogP contribution in [0.1, 0.15) is 28.4 Å². The standard InChI is InChI=1S/C16H16BrClN2O/c1-3-11-4-6-12(7-5-11)10-20(2)16(21)14-8-13(17)9-19-15(14)18/h4-9H,3,10H2,1-2H3. The van der Waals surface area contributed by atoms with E-state index in [1.54, 1.807) is 24.2 Å². The third kappa shape index (κ3) is 4.05. The second-order valence-corrected chi connectivity index (χ2v) is 6.10. The number of pyridine rings is 1. The number of aromatic nitrogens is 1. The smallest absolute Gasteiger partial charge is 0.257 e. The van der Waals surface area contributed by atoms with Crippen LogP contribution in [0, 0.1) is 0 Å². The lowest BCUT2D eigenvalue weighted by atomic mass is 10.1. The number of nitrogens with zero attached hydrogens (tertiary/aromatic N) is 2. The van der Waals surface area contributed by atoms with Gasteiger partial charge in [-0.1, -0.05) is 42.8 Å². The number of aryl methyl sites for hydroxylation is 1. The van der Waals surface area contributed by atoms with Crippen LogP contribution < -0.4 is 0 Å². The molecule has 0 aliphatic rings. The minimum Gasteiger partial charge on any atom is -0.337 e. The van der Waals surface area contributed by atoms with Crippen molar-refractivity contribution >= 4 is 33.4 Å². The molecule has 5 heteroatoms. The molecule has 0 radical (unpaired) electrons. The third-order valence-corrected chi connectivity index (χ3v) is 3.97. The van der Waals surface area contributed by atoms with E-state index in [1.165, 1.54) is 5.56 Å². The first kappa shape index (κ1) is 16.0. The molecule has 0 aliphatic heterocycles. The van der Waals surface area contributed by atoms with Crippen molar-refractivity contribution in [1.82, 2.24) is 9.88 Å². The van der Waals surface area contributed by atoms with Crippen LogP contribution in [0.25, 0.3) is 0 Å². The Morgan fingerprint density at radius 3 is 2.52 bits per heavy atom. The second kappa shape index (κ2) is 7.05. The molecule has 0 N–H and O–H groups in total. The van der Waals surface area contributed by atoms with Gasteiger partial charge in [-0.3, -0.25) is 4.79 Å². The van der Waals surface area contributed by atoms with E-state index >= 15 is 0 Å². The number of benzene rings is 1. The van der Waals surface area contributed by atoms with E-state index in [4.69, 9.17) is 11.6 Å². The molecule has 0 unspecified atom stereocenters. The van der Waals surface area contributed by atoms with Crippen LogP contribution >= 0.6 is 27.5 Å². The average Bonchev–Trinajstić information content (AvgIpc) is 2.49. The third-order valence-electron chi connectivity index (χ3n) is 3.23. The maximum atomic E-state index is 12.4. The van der Waals surface area contributed by atoms with Crippen LogP contribution in [0.15, 0.2) is 41.0 Å². The molecule has 0 spiro atoms. The molecule has 0 atom stereocenters. The maximum absolute atomic E-state index is 12.4. The zero-order chi connectivity index (χ0) is 15.4. The summed E-state index contributed by atoms with van der Waals surface area (Å²) in [6.45, 7) is 2.65. The molecule has 1 heterocycles. The van der Waals surface area contributed by atoms with Crippen molar-refractivity contribution < 1.29 is 4.79 Å². The summed E-state index contributed by atoms with van der Waals surface area (Å²) >= 11 is 9.30. The highest BCUT2D eigenvalue weighted by atomic mass is 79.9. The van der Waals surface area contributed by atoms with Gasteiger partial charge in [-0.05, 0) is 39.5 Å². The van der Waals surface area contributed by atoms with Gasteiger partial charge in [0.1, 0.15) is 5.15 Å². The number of rotatable bonds is 4. The fraction of sp³-hybridized carbons (Fsp3) is 0.250. The highest BCUT2D eigenvalue weighted by Crippen LogP contribution is 2.20. The van der Waals surface area contributed by atoms with Crippen molar-refractivity contribution in [2.45, 2.75) is 19.9 Å². The van der Waals surface area contributed by atoms with Crippen LogP contribution in [-0.2, 0) is 13.0 Å². The number of halogens is 2. The van der Waals surface area contributed by atoms with Gasteiger partial charge < -0.3 is 4.90 Å². The van der Waals surface area contributed by atoms with Crippen molar-refractivity contribution in [3.05, 3.63) is 62.8 Å². The fourth-order valence-corrected chi connectivity index (χ4v) is 2.52. The molecule has 21 heavy (non-hydrogen) atoms. The summed E-state index contributed by atoms with van der Waals surface area (Å²) in [7, 11) is 1.76. The van der Waals surface area contributed by atoms with E-state index in [0.717, 1.165) is 16.5 Å². The summed E-state index contributed by atoms with van der Waals surface area (Å²) in [6, 6.07) is 9.95. The van der Waals surface area contributed by atoms with Gasteiger partial charge in [0, 0.05) is 24.3 Å². The van der Waals surface area contributed by atoms with Gasteiger partial charge >= 0.3 is 0 Å². The van der Waals surface area contributed by atoms with Crippen molar-refractivity contribution in [2.75, 3.05) is 7.05 Å². The molecule has 0 saturated carbocycles. The van der Waals surface area contributed by atoms with Gasteiger partial charge in [-0.25, -0.2) is 4.98 Å². The minimum absolute atomic E-state index is 0.145. The average molecular weight is 368 g/mol. The number of hydrogen-bond acceptors (Lipinski definition) is 2. The highest BCUT2D eigenvalue weighted by Gasteiger charge is 2.16. The molecule has 1 amide bonds. The van der Waals surface area contributed by atoms with E-state index in [9.17, 15) is 4.79 Å². The van der Waals surface area contributed by atoms with Crippen LogP contribution in [0.4, 0.5) is 0 Å². The number of amides is 1. The number of carbonyl (C=O) groups excluding carboxylic acids is 1. The molecule has 1 aromatic heterocycles. The molecule has 2 rings (SSSR count). The Bertz CT molecular complexity index is 643. The molecular formula is C16H16BrClN2O. The topological polar surface area (TPSA) is 33.2 Å². The maximum Gasteiger partial charge on any atom is 0.257 e. The summed E-state index contributed by atoms with van der Waals surface area (Å²) in [5.41, 5.74) is 2.77. The van der Waals surface area contributed by atoms with E-state index in [0.29, 0.717) is 12.1 Å². The SMILES string of the molecule is CCc1ccc(CN(C)C(=O)c2cc(Br)cnc2Cl)cc1. The predicted octanol–water partition coefficient (Wildman–Crippen LogP) is 4.33. The Morgan fingerprint density at radius 2 is 1.90 bits per heavy atom. The molecule has 0 aliphatic carbocycles. The van der Waals surface area contributed by atoms with E-state index in [2.05, 4.69) is 40.0 Å². The summed E-state index contributed by atoms with van der Waals surface area (Å²) in [6.07, 6.45) is 2.58. The van der Waals surface area contributed by atoms with Crippen LogP contribution in [0.2, 0.25) is 5.15 Å². The van der Waals surface area contributed by atoms with Gasteiger partial charge in [0.25, 0.3) is 5.91 Å². The lowest BCUT2D eigenvalue weighted by Crippen LogP contribution is -2.26. The van der Waals surface area contributed by atoms with E-state index < -0.39 is 0 Å². The predicted molar refractivity (Wildman–Crippen MR) is 88.6 cm³/mol. The molecule has 110 valence electrons. The van der Waals surface area contributed by atoms with Gasteiger partial charge in [-0.2, -0.15) is 0 Å². The van der Waals surface area contributed by atoms with Crippen LogP contribution in [0.3, 0.4) is 0 Å². The zero-order valence-corrected chi connectivity index (χ0v) is 14.3. The van der Waals surface area contributed by atoms with Gasteiger partial charge in [0.05, 0.1) is 5.56 Å². The summed E-state index contributed by atoms with van der Waals surface area (Å²) < 4.78 is 0.732. The second-order valence-electron chi connectivity index (χ2n) is 4.82. The van der Waals surface area contributed by atoms with Crippen LogP contribution in [-0.4, -0.2) is 22.8 Å². The fourth-order valence-electron chi connectivity index (χ4n) is 2.00. The quantitative estimate of drug-likeness (QED) is 0.754. The van der Waals surface area contributed by atoms with Crippen LogP contribution in [0.5, 0.6) is 0 Å². The first-order valence-electron chi connectivity index (χ1n) is 6.65. The molecule has 0 fully saturated rings. The monoisotopic (exact) mass is 366 g/mol. The Morgan fingerprint density at radius 1 is 1.29 bits per heavy atom. The first-order valence-corrected chi connectivity index (χ1v) is 7.82. The normalized spacial score (nSPS) is 10.5. The zero-order valence-electron chi connectivity index (χ0n) is 11.9. The van der Waals surface area contributed by atoms with Crippen molar-refractivity contribution in [1.29, 1.82) is 0 Å². The first-order chi connectivity index (χ1) is 10.0. The van der Waals surface area contributed by atoms with E-state index in [1.807, 2.05) is 12.1 Å². The largest absolute Gasteiger partial charge is 0.337 e. The van der Waals surface area contributed by atoms with Gasteiger partial charge in [0.2, 0.25) is 0 Å². The van der Waals surface area contributed by atoms with Crippen molar-refractivity contribution in [3.8, 4) is 0 Å². The Balaban J connectivity index is 2.13. The van der Waals surface area contributed by atoms with E-state index in [-0.39, 0.29) is 11.1 Å². The summed E-state index contributed by atoms with van der Waals surface area (Å²) in [5, 5.41) is 0.219. The molecular weight excluding hydrogens is 352 g/mol. The Labute approximate surface area is 138 Å². The van der Waals surface area contributed by atoms with Gasteiger partial charge in [0.15, 0.2) is 0 Å². The van der Waals surface area contributed by atoms with Crippen molar-refractivity contribution in [3.63, 3.8) is 0 Å². The molecule has 0 saturated heterocycles. The Kier molecular flexibility index (Phi) is 5.37. The molecule has 1 aromatic carbocycles. The summed E-state index contributed by atoms with van der Waals surface area (Å²) in [4.78, 5) is 18.0. The lowest BCUT2D eigenvalue weighted by Gasteiger charge is -2.18.